The largest absolute Gasteiger partial charge is 0.387 e. The van der Waals surface area contributed by atoms with Crippen LogP contribution in [-0.4, -0.2) is 23.5 Å². The third-order valence-corrected chi connectivity index (χ3v) is 4.64. The number of para-hydroxylation sites is 1. The van der Waals surface area contributed by atoms with E-state index in [-0.39, 0.29) is 12.2 Å². The molecule has 3 N–H and O–H groups in total. The maximum atomic E-state index is 13.5. The van der Waals surface area contributed by atoms with Crippen molar-refractivity contribution < 1.29 is 19.1 Å². The quantitative estimate of drug-likeness (QED) is 0.628. The van der Waals surface area contributed by atoms with Crippen LogP contribution in [0.2, 0.25) is 0 Å². The maximum absolute atomic E-state index is 13.5. The highest BCUT2D eigenvalue weighted by Crippen LogP contribution is 2.29. The Balaban J connectivity index is 1.60. The molecule has 0 spiro atoms. The number of aliphatic hydroxyl groups is 1. The summed E-state index contributed by atoms with van der Waals surface area (Å²) in [4.78, 5) is 23.6. The summed E-state index contributed by atoms with van der Waals surface area (Å²) >= 11 is 1.49. The molecule has 0 saturated heterocycles. The van der Waals surface area contributed by atoms with Gasteiger partial charge < -0.3 is 15.7 Å². The first-order chi connectivity index (χ1) is 12.1. The minimum atomic E-state index is -0.993. The van der Waals surface area contributed by atoms with Gasteiger partial charge in [0, 0.05) is 16.8 Å². The van der Waals surface area contributed by atoms with E-state index < -0.39 is 23.7 Å². The number of carbonyl (C=O) groups excluding carboxylic acids is 2. The fourth-order valence-corrected chi connectivity index (χ4v) is 3.39. The number of fused-ring (bicyclic) bond motifs is 1. The summed E-state index contributed by atoms with van der Waals surface area (Å²) in [7, 11) is 0. The number of nitrogens with one attached hydrogen (secondary N) is 2. The molecule has 5 nitrogen and oxygen atoms in total. The highest BCUT2D eigenvalue weighted by atomic mass is 32.1. The van der Waals surface area contributed by atoms with Gasteiger partial charge in [-0.15, -0.1) is 11.3 Å². The molecule has 1 atom stereocenters. The van der Waals surface area contributed by atoms with Crippen LogP contribution in [-0.2, 0) is 9.59 Å². The summed E-state index contributed by atoms with van der Waals surface area (Å²) in [5.41, 5.74) is 0.613. The Morgan fingerprint density at radius 2 is 1.80 bits per heavy atom. The third-order valence-electron chi connectivity index (χ3n) is 3.65. The number of thiophene rings is 1. The van der Waals surface area contributed by atoms with Crippen LogP contribution in [0, 0.1) is 5.82 Å². The first kappa shape index (κ1) is 17.1. The number of anilines is 1. The Morgan fingerprint density at radius 1 is 1.08 bits per heavy atom. The molecule has 2 aromatic carbocycles. The molecule has 1 aromatic heterocycles. The molecule has 2 amide bonds. The molecule has 0 aliphatic rings. The minimum absolute atomic E-state index is 0.0768. The second-order valence-electron chi connectivity index (χ2n) is 5.35. The number of hydrogen-bond donors (Lipinski definition) is 3. The molecule has 25 heavy (non-hydrogen) atoms. The van der Waals surface area contributed by atoms with Gasteiger partial charge in [0.1, 0.15) is 5.82 Å². The van der Waals surface area contributed by atoms with Gasteiger partial charge in [-0.2, -0.15) is 0 Å². The molecule has 1 heterocycles. The average molecular weight is 358 g/mol. The number of rotatable bonds is 4. The predicted octanol–water partition coefficient (Wildman–Crippen LogP) is 2.83. The highest BCUT2D eigenvalue weighted by Gasteiger charge is 2.18. The lowest BCUT2D eigenvalue weighted by Gasteiger charge is -2.12. The van der Waals surface area contributed by atoms with Gasteiger partial charge in [-0.25, -0.2) is 4.39 Å². The highest BCUT2D eigenvalue weighted by molar-refractivity contribution is 7.17. The van der Waals surface area contributed by atoms with Crippen LogP contribution in [0.4, 0.5) is 10.1 Å². The van der Waals surface area contributed by atoms with Crippen LogP contribution in [0.15, 0.2) is 53.9 Å². The molecule has 0 aliphatic carbocycles. The lowest BCUT2D eigenvalue weighted by molar-refractivity contribution is -0.136. The van der Waals surface area contributed by atoms with Crippen molar-refractivity contribution in [1.82, 2.24) is 5.32 Å². The van der Waals surface area contributed by atoms with E-state index in [1.54, 1.807) is 6.07 Å². The van der Waals surface area contributed by atoms with Crippen molar-refractivity contribution >= 4 is 38.9 Å². The van der Waals surface area contributed by atoms with Crippen LogP contribution in [0.3, 0.4) is 0 Å². The maximum Gasteiger partial charge on any atom is 0.313 e. The summed E-state index contributed by atoms with van der Waals surface area (Å²) in [5.74, 6) is -2.57. The number of halogens is 1. The lowest BCUT2D eigenvalue weighted by Crippen LogP contribution is -2.37. The summed E-state index contributed by atoms with van der Waals surface area (Å²) in [6.07, 6.45) is -0.943. The molecule has 128 valence electrons. The van der Waals surface area contributed by atoms with Crippen molar-refractivity contribution in [2.45, 2.75) is 6.10 Å². The number of hydrogen-bond acceptors (Lipinski definition) is 4. The molecule has 0 saturated carbocycles. The summed E-state index contributed by atoms with van der Waals surface area (Å²) < 4.78 is 14.5. The zero-order chi connectivity index (χ0) is 17.8. The van der Waals surface area contributed by atoms with E-state index in [1.165, 1.54) is 29.5 Å². The van der Waals surface area contributed by atoms with E-state index in [0.29, 0.717) is 5.56 Å². The van der Waals surface area contributed by atoms with Gasteiger partial charge in [0.15, 0.2) is 0 Å². The van der Waals surface area contributed by atoms with Gasteiger partial charge in [0.25, 0.3) is 0 Å². The van der Waals surface area contributed by atoms with Gasteiger partial charge in [-0.1, -0.05) is 30.3 Å². The number of benzene rings is 2. The normalized spacial score (nSPS) is 11.9. The molecular formula is C18H15FN2O3S. The van der Waals surface area contributed by atoms with E-state index in [9.17, 15) is 19.1 Å². The SMILES string of the molecule is O=C(NCC(O)c1csc2ccccc12)C(=O)Nc1ccccc1F. The Kier molecular flexibility index (Phi) is 5.06. The first-order valence-electron chi connectivity index (χ1n) is 7.54. The second kappa shape index (κ2) is 7.42. The number of aliphatic hydroxyl groups excluding tert-OH is 1. The number of carbonyl (C=O) groups is 2. The second-order valence-corrected chi connectivity index (χ2v) is 6.26. The van der Waals surface area contributed by atoms with Gasteiger partial charge in [-0.3, -0.25) is 9.59 Å². The van der Waals surface area contributed by atoms with Crippen molar-refractivity contribution in [3.63, 3.8) is 0 Å². The lowest BCUT2D eigenvalue weighted by atomic mass is 10.1. The van der Waals surface area contributed by atoms with Gasteiger partial charge in [0.05, 0.1) is 11.8 Å². The molecular weight excluding hydrogens is 343 g/mol. The van der Waals surface area contributed by atoms with Crippen LogP contribution in [0.25, 0.3) is 10.1 Å². The predicted molar refractivity (Wildman–Crippen MR) is 94.8 cm³/mol. The summed E-state index contributed by atoms with van der Waals surface area (Å²) in [5, 5.41) is 17.5. The molecule has 7 heteroatoms. The molecule has 1 unspecified atom stereocenters. The fourth-order valence-electron chi connectivity index (χ4n) is 2.38. The van der Waals surface area contributed by atoms with E-state index >= 15 is 0 Å². The fraction of sp³-hybridized carbons (Fsp3) is 0.111. The van der Waals surface area contributed by atoms with E-state index in [4.69, 9.17) is 0 Å². The Morgan fingerprint density at radius 3 is 2.60 bits per heavy atom. The first-order valence-corrected chi connectivity index (χ1v) is 8.42. The van der Waals surface area contributed by atoms with Gasteiger partial charge in [-0.05, 0) is 29.0 Å². The Labute approximate surface area is 147 Å². The zero-order valence-electron chi connectivity index (χ0n) is 13.0. The summed E-state index contributed by atoms with van der Waals surface area (Å²) in [6, 6.07) is 13.2. The summed E-state index contributed by atoms with van der Waals surface area (Å²) in [6.45, 7) is -0.121. The molecule has 3 rings (SSSR count). The Hall–Kier alpha value is -2.77. The van der Waals surface area contributed by atoms with Crippen molar-refractivity contribution in [1.29, 1.82) is 0 Å². The van der Waals surface area contributed by atoms with E-state index in [0.717, 1.165) is 10.1 Å². The monoisotopic (exact) mass is 358 g/mol. The van der Waals surface area contributed by atoms with Crippen molar-refractivity contribution in [3.05, 3.63) is 65.3 Å². The van der Waals surface area contributed by atoms with E-state index in [2.05, 4.69) is 10.6 Å². The van der Waals surface area contributed by atoms with Gasteiger partial charge in [0.2, 0.25) is 0 Å². The third kappa shape index (κ3) is 3.84. The van der Waals surface area contributed by atoms with E-state index in [1.807, 2.05) is 29.6 Å². The molecule has 0 aliphatic heterocycles. The van der Waals surface area contributed by atoms with Crippen molar-refractivity contribution in [3.8, 4) is 0 Å². The molecule has 0 radical (unpaired) electrons. The topological polar surface area (TPSA) is 78.4 Å². The van der Waals surface area contributed by atoms with Crippen LogP contribution < -0.4 is 10.6 Å². The molecule has 0 fully saturated rings. The molecule has 0 bridgehead atoms. The van der Waals surface area contributed by atoms with Gasteiger partial charge >= 0.3 is 11.8 Å². The average Bonchev–Trinajstić information content (AvgIpc) is 3.05. The van der Waals surface area contributed by atoms with Crippen molar-refractivity contribution in [2.24, 2.45) is 0 Å². The minimum Gasteiger partial charge on any atom is -0.387 e. The van der Waals surface area contributed by atoms with Crippen LogP contribution in [0.1, 0.15) is 11.7 Å². The molecule has 3 aromatic rings. The Bertz CT molecular complexity index is 925. The van der Waals surface area contributed by atoms with Crippen LogP contribution in [0.5, 0.6) is 0 Å². The smallest absolute Gasteiger partial charge is 0.313 e. The zero-order valence-corrected chi connectivity index (χ0v) is 13.8. The van der Waals surface area contributed by atoms with Crippen molar-refractivity contribution in [2.75, 3.05) is 11.9 Å². The standard InChI is InChI=1S/C18H15FN2O3S/c19-13-6-2-3-7-14(13)21-18(24)17(23)20-9-15(22)12-10-25-16-8-4-1-5-11(12)16/h1-8,10,15,22H,9H2,(H,20,23)(H,21,24). The van der Waals surface area contributed by atoms with Crippen LogP contribution >= 0.6 is 11.3 Å². The number of amides is 2.